The molecule has 4 heterocycles. The average Bonchev–Trinajstić information content (AvgIpc) is 3.73. The Bertz CT molecular complexity index is 1430. The lowest BCUT2D eigenvalue weighted by Crippen LogP contribution is -2.30. The molecule has 3 aliphatic rings. The minimum atomic E-state index is -0.484. The van der Waals surface area contributed by atoms with E-state index in [4.69, 9.17) is 9.97 Å². The van der Waals surface area contributed by atoms with Crippen LogP contribution in [-0.2, 0) is 6.42 Å². The normalized spacial score (nSPS) is 21.5. The van der Waals surface area contributed by atoms with Crippen LogP contribution in [0.2, 0.25) is 0 Å². The van der Waals surface area contributed by atoms with Gasteiger partial charge < -0.3 is 15.3 Å². The van der Waals surface area contributed by atoms with Gasteiger partial charge in [-0.15, -0.1) is 0 Å². The van der Waals surface area contributed by atoms with Crippen LogP contribution in [0.3, 0.4) is 0 Å². The zero-order chi connectivity index (χ0) is 24.1. The summed E-state index contributed by atoms with van der Waals surface area (Å²) in [5.41, 5.74) is 5.43. The molecule has 0 amide bonds. The highest BCUT2D eigenvalue weighted by molar-refractivity contribution is 5.94. The molecule has 2 atom stereocenters. The van der Waals surface area contributed by atoms with Gasteiger partial charge in [-0.25, -0.2) is 15.0 Å². The molecular weight excluding hydrogens is 448 g/mol. The van der Waals surface area contributed by atoms with Gasteiger partial charge in [0.25, 0.3) is 0 Å². The van der Waals surface area contributed by atoms with Crippen molar-refractivity contribution in [2.24, 2.45) is 0 Å². The Balaban J connectivity index is 1.28. The van der Waals surface area contributed by atoms with Gasteiger partial charge in [0.05, 0.1) is 23.9 Å². The molecule has 7 nitrogen and oxygen atoms in total. The summed E-state index contributed by atoms with van der Waals surface area (Å²) in [6.45, 7) is 2.06. The molecular formula is C29H30N6O. The minimum Gasteiger partial charge on any atom is -0.390 e. The maximum Gasteiger partial charge on any atom is 0.162 e. The van der Waals surface area contributed by atoms with E-state index in [0.717, 1.165) is 35.6 Å². The summed E-state index contributed by atoms with van der Waals surface area (Å²) < 4.78 is 0. The number of benzene rings is 1. The Kier molecular flexibility index (Phi) is 5.31. The summed E-state index contributed by atoms with van der Waals surface area (Å²) in [5.74, 6) is 3.03. The standard InChI is InChI=1S/C29H30N6O/c36-24-14-19-6-2-3-7-21(19)27(24)33-25-15-20(10-11-31-25)28-32-23-17-30-16-22(18-8-9-18)26(23)29(34-28)35-12-4-1-5-13-35/h2-3,6-7,10-11,15-18,24,27,36H,1,4-5,8-9,12-14H2,(H,31,33)/t24-,27-/m1/s1. The van der Waals surface area contributed by atoms with Crippen LogP contribution in [-0.4, -0.2) is 44.2 Å². The fraction of sp³-hybridized carbons (Fsp3) is 0.379. The second kappa shape index (κ2) is 8.82. The van der Waals surface area contributed by atoms with Gasteiger partial charge in [0.15, 0.2) is 5.82 Å². The van der Waals surface area contributed by atoms with E-state index in [1.54, 1.807) is 6.20 Å². The second-order valence-corrected chi connectivity index (χ2v) is 10.3. The largest absolute Gasteiger partial charge is 0.390 e. The summed E-state index contributed by atoms with van der Waals surface area (Å²) in [6.07, 6.45) is 12.0. The van der Waals surface area contributed by atoms with Crippen LogP contribution in [0.4, 0.5) is 11.6 Å². The third kappa shape index (κ3) is 3.88. The molecule has 4 aromatic rings. The van der Waals surface area contributed by atoms with E-state index in [1.165, 1.54) is 48.6 Å². The molecule has 0 spiro atoms. The van der Waals surface area contributed by atoms with Gasteiger partial charge in [-0.2, -0.15) is 0 Å². The molecule has 1 aliphatic heterocycles. The van der Waals surface area contributed by atoms with E-state index in [9.17, 15) is 5.11 Å². The predicted molar refractivity (Wildman–Crippen MR) is 141 cm³/mol. The molecule has 2 N–H and O–H groups in total. The topological polar surface area (TPSA) is 87.1 Å². The van der Waals surface area contributed by atoms with Crippen LogP contribution in [0.25, 0.3) is 22.3 Å². The van der Waals surface area contributed by atoms with E-state index in [-0.39, 0.29) is 6.04 Å². The zero-order valence-corrected chi connectivity index (χ0v) is 20.3. The second-order valence-electron chi connectivity index (χ2n) is 10.3. The number of aliphatic hydroxyl groups excluding tert-OH is 1. The van der Waals surface area contributed by atoms with Crippen molar-refractivity contribution in [1.82, 2.24) is 19.9 Å². The summed E-state index contributed by atoms with van der Waals surface area (Å²) in [5, 5.41) is 15.3. The first kappa shape index (κ1) is 21.7. The van der Waals surface area contributed by atoms with Crippen LogP contribution in [0, 0.1) is 0 Å². The van der Waals surface area contributed by atoms with Gasteiger partial charge in [0, 0.05) is 42.9 Å². The molecule has 182 valence electrons. The van der Waals surface area contributed by atoms with Gasteiger partial charge in [-0.1, -0.05) is 24.3 Å². The van der Waals surface area contributed by atoms with Crippen LogP contribution in [0.5, 0.6) is 0 Å². The van der Waals surface area contributed by atoms with Crippen molar-refractivity contribution >= 4 is 22.5 Å². The zero-order valence-electron chi connectivity index (χ0n) is 20.3. The summed E-state index contributed by atoms with van der Waals surface area (Å²) in [7, 11) is 0. The maximum atomic E-state index is 10.7. The van der Waals surface area contributed by atoms with Crippen molar-refractivity contribution < 1.29 is 5.11 Å². The van der Waals surface area contributed by atoms with Gasteiger partial charge in [-0.3, -0.25) is 4.98 Å². The van der Waals surface area contributed by atoms with E-state index in [1.807, 2.05) is 36.7 Å². The lowest BCUT2D eigenvalue weighted by molar-refractivity contribution is 0.165. The van der Waals surface area contributed by atoms with Gasteiger partial charge in [0.2, 0.25) is 0 Å². The third-order valence-electron chi connectivity index (χ3n) is 7.82. The Labute approximate surface area is 210 Å². The average molecular weight is 479 g/mol. The minimum absolute atomic E-state index is 0.185. The number of pyridine rings is 2. The van der Waals surface area contributed by atoms with Gasteiger partial charge >= 0.3 is 0 Å². The number of nitrogens with zero attached hydrogens (tertiary/aromatic N) is 5. The van der Waals surface area contributed by atoms with E-state index in [0.29, 0.717) is 24.0 Å². The van der Waals surface area contributed by atoms with E-state index in [2.05, 4.69) is 32.3 Å². The molecule has 7 rings (SSSR count). The molecule has 1 aromatic carbocycles. The SMILES string of the molecule is O[C@@H]1Cc2ccccc2[C@H]1Nc1cc(-c2nc(N3CCCCC3)c3c(C4CC4)cncc3n2)ccn1. The maximum absolute atomic E-state index is 10.7. The third-order valence-corrected chi connectivity index (χ3v) is 7.82. The summed E-state index contributed by atoms with van der Waals surface area (Å²) in [6, 6.07) is 12.0. The molecule has 0 bridgehead atoms. The van der Waals surface area contributed by atoms with Crippen LogP contribution < -0.4 is 10.2 Å². The molecule has 3 aromatic heterocycles. The Hall–Kier alpha value is -3.58. The molecule has 1 saturated carbocycles. The number of piperidine rings is 1. The molecule has 2 fully saturated rings. The molecule has 0 unspecified atom stereocenters. The molecule has 0 radical (unpaired) electrons. The quantitative estimate of drug-likeness (QED) is 0.416. The van der Waals surface area contributed by atoms with E-state index < -0.39 is 6.10 Å². The lowest BCUT2D eigenvalue weighted by atomic mass is 10.1. The molecule has 7 heteroatoms. The number of aromatic nitrogens is 4. The van der Waals surface area contributed by atoms with Crippen molar-refractivity contribution in [1.29, 1.82) is 0 Å². The number of rotatable bonds is 5. The highest BCUT2D eigenvalue weighted by Crippen LogP contribution is 2.45. The molecule has 36 heavy (non-hydrogen) atoms. The number of nitrogens with one attached hydrogen (secondary N) is 1. The number of anilines is 2. The first-order valence-electron chi connectivity index (χ1n) is 13.1. The first-order chi connectivity index (χ1) is 17.7. The number of hydrogen-bond donors (Lipinski definition) is 2. The Morgan fingerprint density at radius 2 is 1.81 bits per heavy atom. The number of fused-ring (bicyclic) bond motifs is 2. The summed E-state index contributed by atoms with van der Waals surface area (Å²) >= 11 is 0. The van der Waals surface area contributed by atoms with Crippen molar-refractivity contribution in [3.05, 3.63) is 71.7 Å². The summed E-state index contributed by atoms with van der Waals surface area (Å²) in [4.78, 5) is 21.7. The Morgan fingerprint density at radius 3 is 2.67 bits per heavy atom. The number of aliphatic hydroxyl groups is 1. The highest BCUT2D eigenvalue weighted by atomic mass is 16.3. The van der Waals surface area contributed by atoms with Crippen molar-refractivity contribution in [3.8, 4) is 11.4 Å². The molecule has 2 aliphatic carbocycles. The van der Waals surface area contributed by atoms with Gasteiger partial charge in [0.1, 0.15) is 11.6 Å². The van der Waals surface area contributed by atoms with Crippen LogP contribution in [0.1, 0.15) is 60.8 Å². The van der Waals surface area contributed by atoms with Crippen molar-refractivity contribution in [2.75, 3.05) is 23.3 Å². The van der Waals surface area contributed by atoms with Crippen LogP contribution >= 0.6 is 0 Å². The van der Waals surface area contributed by atoms with Crippen molar-refractivity contribution in [2.45, 2.75) is 56.6 Å². The smallest absolute Gasteiger partial charge is 0.162 e. The lowest BCUT2D eigenvalue weighted by Gasteiger charge is -2.29. The van der Waals surface area contributed by atoms with Crippen LogP contribution in [0.15, 0.2) is 55.0 Å². The van der Waals surface area contributed by atoms with Crippen molar-refractivity contribution in [3.63, 3.8) is 0 Å². The Morgan fingerprint density at radius 1 is 0.944 bits per heavy atom. The van der Waals surface area contributed by atoms with Gasteiger partial charge in [-0.05, 0) is 66.8 Å². The van der Waals surface area contributed by atoms with E-state index >= 15 is 0 Å². The monoisotopic (exact) mass is 478 g/mol. The number of hydrogen-bond acceptors (Lipinski definition) is 7. The fourth-order valence-electron chi connectivity index (χ4n) is 5.81. The highest BCUT2D eigenvalue weighted by Gasteiger charge is 2.31. The first-order valence-corrected chi connectivity index (χ1v) is 13.1. The molecule has 1 saturated heterocycles. The fourth-order valence-corrected chi connectivity index (χ4v) is 5.81. The predicted octanol–water partition coefficient (Wildman–Crippen LogP) is 5.02.